The van der Waals surface area contributed by atoms with Crippen LogP contribution in [0.2, 0.25) is 0 Å². The molecule has 0 saturated carbocycles. The normalized spacial score (nSPS) is 15.5. The van der Waals surface area contributed by atoms with E-state index in [0.29, 0.717) is 5.06 Å². The number of rotatable bonds is 7. The van der Waals surface area contributed by atoms with Crippen molar-refractivity contribution < 1.29 is 39.3 Å². The number of thiocarbonyl (C=S) groups is 1. The van der Waals surface area contributed by atoms with Crippen molar-refractivity contribution in [2.75, 3.05) is 0 Å². The summed E-state index contributed by atoms with van der Waals surface area (Å²) < 4.78 is 0. The first-order valence-corrected chi connectivity index (χ1v) is 5.80. The van der Waals surface area contributed by atoms with Gasteiger partial charge in [0.15, 0.2) is 0 Å². The number of amides is 1. The molecule has 0 aliphatic carbocycles. The summed E-state index contributed by atoms with van der Waals surface area (Å²) in [6.45, 7) is 0. The van der Waals surface area contributed by atoms with Crippen LogP contribution in [0, 0.1) is 0 Å². The highest BCUT2D eigenvalue weighted by Crippen LogP contribution is 2.27. The minimum Gasteiger partial charge on any atom is -0.481 e. The summed E-state index contributed by atoms with van der Waals surface area (Å²) in [4.78, 5) is 49.1. The Labute approximate surface area is 117 Å². The van der Waals surface area contributed by atoms with Gasteiger partial charge in [-0.25, -0.2) is 9.63 Å². The number of aliphatic carboxylic acids is 3. The average Bonchev–Trinajstić information content (AvgIpc) is 2.58. The van der Waals surface area contributed by atoms with Gasteiger partial charge in [-0.1, -0.05) is 12.2 Å². The van der Waals surface area contributed by atoms with Crippen molar-refractivity contribution in [3.63, 3.8) is 0 Å². The molecule has 0 unspecified atom stereocenters. The van der Waals surface area contributed by atoms with Crippen LogP contribution in [0.4, 0.5) is 0 Å². The second-order valence-corrected chi connectivity index (χ2v) is 4.58. The van der Waals surface area contributed by atoms with Crippen LogP contribution >= 0.6 is 12.2 Å². The molecule has 20 heavy (non-hydrogen) atoms. The molecule has 1 heterocycles. The SMILES string of the molecule is O=C(O)CC(CC(=O)O)(ON1C(=O)CCC1=S)C(=O)O. The Morgan fingerprint density at radius 3 is 1.95 bits per heavy atom. The van der Waals surface area contributed by atoms with Crippen molar-refractivity contribution in [2.24, 2.45) is 0 Å². The van der Waals surface area contributed by atoms with E-state index in [0.717, 1.165) is 0 Å². The van der Waals surface area contributed by atoms with Crippen LogP contribution in [0.5, 0.6) is 0 Å². The highest BCUT2D eigenvalue weighted by atomic mass is 32.1. The topological polar surface area (TPSA) is 141 Å². The maximum absolute atomic E-state index is 11.5. The van der Waals surface area contributed by atoms with Crippen molar-refractivity contribution in [1.29, 1.82) is 0 Å². The molecule has 10 heteroatoms. The Bertz CT molecular complexity index is 456. The molecular formula is C10H11NO8S. The van der Waals surface area contributed by atoms with Gasteiger partial charge in [-0.3, -0.25) is 14.4 Å². The number of carboxylic acid groups (broad SMARTS) is 3. The molecule has 0 aromatic carbocycles. The minimum atomic E-state index is -2.60. The zero-order valence-electron chi connectivity index (χ0n) is 10.1. The Morgan fingerprint density at radius 1 is 1.15 bits per heavy atom. The maximum Gasteiger partial charge on any atom is 0.340 e. The minimum absolute atomic E-state index is 0.00528. The molecule has 3 N–H and O–H groups in total. The van der Waals surface area contributed by atoms with Crippen LogP contribution in [0.3, 0.4) is 0 Å². The lowest BCUT2D eigenvalue weighted by Gasteiger charge is -2.30. The van der Waals surface area contributed by atoms with E-state index >= 15 is 0 Å². The van der Waals surface area contributed by atoms with Gasteiger partial charge in [0.1, 0.15) is 4.99 Å². The van der Waals surface area contributed by atoms with Crippen LogP contribution in [0.1, 0.15) is 25.7 Å². The summed E-state index contributed by atoms with van der Waals surface area (Å²) >= 11 is 4.79. The number of hydroxylamine groups is 2. The van der Waals surface area contributed by atoms with Crippen LogP contribution in [0.25, 0.3) is 0 Å². The predicted molar refractivity (Wildman–Crippen MR) is 64.6 cm³/mol. The molecule has 1 fully saturated rings. The molecule has 1 aliphatic heterocycles. The van der Waals surface area contributed by atoms with Gasteiger partial charge in [0.05, 0.1) is 12.8 Å². The number of carboxylic acids is 3. The van der Waals surface area contributed by atoms with Gasteiger partial charge in [0.25, 0.3) is 5.91 Å². The Balaban J connectivity index is 3.10. The Hall–Kier alpha value is -2.07. The van der Waals surface area contributed by atoms with Crippen molar-refractivity contribution >= 4 is 41.0 Å². The summed E-state index contributed by atoms with van der Waals surface area (Å²) in [6.07, 6.45) is -2.10. The molecule has 0 aromatic rings. The number of carbonyl (C=O) groups excluding carboxylic acids is 1. The smallest absolute Gasteiger partial charge is 0.340 e. The van der Waals surface area contributed by atoms with Crippen LogP contribution in [-0.2, 0) is 24.0 Å². The van der Waals surface area contributed by atoms with Crippen LogP contribution < -0.4 is 0 Å². The molecule has 9 nitrogen and oxygen atoms in total. The fraction of sp³-hybridized carbons (Fsp3) is 0.500. The molecule has 0 spiro atoms. The lowest BCUT2D eigenvalue weighted by Crippen LogP contribution is -2.51. The first kappa shape index (κ1) is 16.0. The zero-order valence-corrected chi connectivity index (χ0v) is 10.9. The molecular weight excluding hydrogens is 294 g/mol. The molecule has 0 radical (unpaired) electrons. The first-order valence-electron chi connectivity index (χ1n) is 5.40. The Kier molecular flexibility index (Phi) is 4.73. The number of carbonyl (C=O) groups is 4. The van der Waals surface area contributed by atoms with Gasteiger partial charge >= 0.3 is 17.9 Å². The van der Waals surface area contributed by atoms with Gasteiger partial charge in [0.2, 0.25) is 5.60 Å². The third-order valence-corrected chi connectivity index (χ3v) is 2.91. The molecule has 1 aliphatic rings. The highest BCUT2D eigenvalue weighted by molar-refractivity contribution is 7.80. The fourth-order valence-corrected chi connectivity index (χ4v) is 1.88. The van der Waals surface area contributed by atoms with Gasteiger partial charge < -0.3 is 15.3 Å². The number of hydrogen-bond donors (Lipinski definition) is 3. The molecule has 0 bridgehead atoms. The first-order chi connectivity index (χ1) is 9.18. The summed E-state index contributed by atoms with van der Waals surface area (Å²) in [6, 6.07) is 0. The third-order valence-electron chi connectivity index (χ3n) is 2.54. The predicted octanol–water partition coefficient (Wildman–Crippen LogP) is -0.359. The molecule has 0 atom stereocenters. The summed E-state index contributed by atoms with van der Waals surface area (Å²) in [5, 5.41) is 27.1. The monoisotopic (exact) mass is 305 g/mol. The summed E-state index contributed by atoms with van der Waals surface area (Å²) in [5.74, 6) is -5.60. The van der Waals surface area contributed by atoms with Crippen LogP contribution in [-0.4, -0.2) is 54.8 Å². The highest BCUT2D eigenvalue weighted by Gasteiger charge is 2.49. The van der Waals surface area contributed by atoms with Gasteiger partial charge in [-0.2, -0.15) is 5.06 Å². The zero-order chi connectivity index (χ0) is 15.5. The summed E-state index contributed by atoms with van der Waals surface area (Å²) in [7, 11) is 0. The molecule has 110 valence electrons. The molecule has 1 amide bonds. The van der Waals surface area contributed by atoms with Crippen molar-refractivity contribution in [3.8, 4) is 0 Å². The summed E-state index contributed by atoms with van der Waals surface area (Å²) in [5.41, 5.74) is -2.60. The molecule has 0 aromatic heterocycles. The van der Waals surface area contributed by atoms with E-state index < -0.39 is 42.3 Å². The molecule has 1 rings (SSSR count). The number of nitrogens with zero attached hydrogens (tertiary/aromatic N) is 1. The van der Waals surface area contributed by atoms with E-state index in [2.05, 4.69) is 0 Å². The van der Waals surface area contributed by atoms with E-state index in [4.69, 9.17) is 32.4 Å². The number of hydrogen-bond acceptors (Lipinski definition) is 6. The van der Waals surface area contributed by atoms with Gasteiger partial charge in [-0.05, 0) is 0 Å². The lowest BCUT2D eigenvalue weighted by atomic mass is 9.95. The largest absolute Gasteiger partial charge is 0.481 e. The van der Waals surface area contributed by atoms with Crippen molar-refractivity contribution in [1.82, 2.24) is 5.06 Å². The Morgan fingerprint density at radius 2 is 1.65 bits per heavy atom. The van der Waals surface area contributed by atoms with E-state index in [1.807, 2.05) is 0 Å². The quantitative estimate of drug-likeness (QED) is 0.537. The van der Waals surface area contributed by atoms with E-state index in [-0.39, 0.29) is 17.8 Å². The standard InChI is InChI=1S/C10H11NO8S/c12-5-1-2-6(20)11(5)19-10(9(17)18,3-7(13)14)4-8(15)16/h1-4H2,(H,13,14)(H,15,16)(H,17,18). The second-order valence-electron chi connectivity index (χ2n) is 4.11. The average molecular weight is 305 g/mol. The maximum atomic E-state index is 11.5. The third kappa shape index (κ3) is 3.48. The van der Waals surface area contributed by atoms with Crippen LogP contribution in [0.15, 0.2) is 0 Å². The fourth-order valence-electron chi connectivity index (χ4n) is 1.64. The van der Waals surface area contributed by atoms with Crippen molar-refractivity contribution in [3.05, 3.63) is 0 Å². The van der Waals surface area contributed by atoms with Crippen molar-refractivity contribution in [2.45, 2.75) is 31.3 Å². The van der Waals surface area contributed by atoms with E-state index in [9.17, 15) is 19.2 Å². The van der Waals surface area contributed by atoms with E-state index in [1.165, 1.54) is 0 Å². The van der Waals surface area contributed by atoms with Gasteiger partial charge in [-0.15, -0.1) is 0 Å². The van der Waals surface area contributed by atoms with E-state index in [1.54, 1.807) is 0 Å². The van der Waals surface area contributed by atoms with Gasteiger partial charge in [0, 0.05) is 12.8 Å². The lowest BCUT2D eigenvalue weighted by molar-refractivity contribution is -0.223. The molecule has 1 saturated heterocycles. The second kappa shape index (κ2) is 5.92.